The SMILES string of the molecule is COC1CCCC1C1COCCN1C(=O)Nc1cc(Cl)c(Cl)cc1F. The van der Waals surface area contributed by atoms with Gasteiger partial charge in [0.1, 0.15) is 5.82 Å². The van der Waals surface area contributed by atoms with E-state index in [9.17, 15) is 9.18 Å². The summed E-state index contributed by atoms with van der Waals surface area (Å²) in [4.78, 5) is 14.5. The van der Waals surface area contributed by atoms with Crippen LogP contribution in [0.3, 0.4) is 0 Å². The number of benzene rings is 1. The summed E-state index contributed by atoms with van der Waals surface area (Å²) in [6, 6.07) is 1.95. The zero-order chi connectivity index (χ0) is 18.0. The number of urea groups is 1. The van der Waals surface area contributed by atoms with Gasteiger partial charge in [0.25, 0.3) is 0 Å². The fourth-order valence-corrected chi connectivity index (χ4v) is 4.04. The van der Waals surface area contributed by atoms with Crippen molar-refractivity contribution >= 4 is 34.9 Å². The Balaban J connectivity index is 1.76. The zero-order valence-electron chi connectivity index (χ0n) is 13.9. The average molecular weight is 391 g/mol. The number of rotatable bonds is 3. The highest BCUT2D eigenvalue weighted by Gasteiger charge is 2.40. The lowest BCUT2D eigenvalue weighted by Crippen LogP contribution is -2.55. The molecule has 3 rings (SSSR count). The predicted octanol–water partition coefficient (Wildman–Crippen LogP) is 4.18. The molecule has 2 amide bonds. The van der Waals surface area contributed by atoms with Crippen LogP contribution in [-0.2, 0) is 9.47 Å². The first-order valence-corrected chi connectivity index (χ1v) is 9.09. The molecule has 1 aliphatic carbocycles. The number of hydrogen-bond acceptors (Lipinski definition) is 3. The number of hydrogen-bond donors (Lipinski definition) is 1. The molecule has 0 aromatic heterocycles. The van der Waals surface area contributed by atoms with Gasteiger partial charge in [-0.05, 0) is 25.0 Å². The zero-order valence-corrected chi connectivity index (χ0v) is 15.4. The molecule has 5 nitrogen and oxygen atoms in total. The minimum atomic E-state index is -0.622. The number of halogens is 3. The number of ether oxygens (including phenoxy) is 2. The number of carbonyl (C=O) groups excluding carboxylic acids is 1. The van der Waals surface area contributed by atoms with Crippen molar-refractivity contribution in [2.45, 2.75) is 31.4 Å². The predicted molar refractivity (Wildman–Crippen MR) is 94.9 cm³/mol. The molecule has 0 spiro atoms. The van der Waals surface area contributed by atoms with E-state index >= 15 is 0 Å². The van der Waals surface area contributed by atoms with Gasteiger partial charge in [0, 0.05) is 19.6 Å². The smallest absolute Gasteiger partial charge is 0.322 e. The Morgan fingerprint density at radius 2 is 2.12 bits per heavy atom. The number of anilines is 1. The highest BCUT2D eigenvalue weighted by molar-refractivity contribution is 6.42. The number of carbonyl (C=O) groups is 1. The van der Waals surface area contributed by atoms with Crippen molar-refractivity contribution in [3.8, 4) is 0 Å². The summed E-state index contributed by atoms with van der Waals surface area (Å²) in [6.07, 6.45) is 3.14. The highest BCUT2D eigenvalue weighted by atomic mass is 35.5. The topological polar surface area (TPSA) is 50.8 Å². The maximum atomic E-state index is 14.1. The number of morpholine rings is 1. The molecule has 1 heterocycles. The Kier molecular flexibility index (Phi) is 6.04. The van der Waals surface area contributed by atoms with Gasteiger partial charge in [-0.1, -0.05) is 29.6 Å². The summed E-state index contributed by atoms with van der Waals surface area (Å²) < 4.78 is 25.2. The van der Waals surface area contributed by atoms with Crippen LogP contribution in [-0.4, -0.2) is 49.9 Å². The second kappa shape index (κ2) is 8.08. The quantitative estimate of drug-likeness (QED) is 0.787. The largest absolute Gasteiger partial charge is 0.381 e. The standard InChI is InChI=1S/C17H21Cl2FN2O3/c1-24-16-4-2-3-10(16)15-9-25-6-5-22(15)17(23)21-14-8-12(19)11(18)7-13(14)20/h7-8,10,15-16H,2-6,9H2,1H3,(H,21,23). The average Bonchev–Trinajstić information content (AvgIpc) is 3.08. The second-order valence-corrected chi connectivity index (χ2v) is 7.20. The third-order valence-corrected chi connectivity index (χ3v) is 5.70. The monoisotopic (exact) mass is 390 g/mol. The van der Waals surface area contributed by atoms with Gasteiger partial charge in [-0.3, -0.25) is 0 Å². The van der Waals surface area contributed by atoms with Crippen LogP contribution in [0.15, 0.2) is 12.1 Å². The highest BCUT2D eigenvalue weighted by Crippen LogP contribution is 2.34. The van der Waals surface area contributed by atoms with E-state index in [2.05, 4.69) is 5.32 Å². The van der Waals surface area contributed by atoms with E-state index in [1.54, 1.807) is 12.0 Å². The maximum Gasteiger partial charge on any atom is 0.322 e. The van der Waals surface area contributed by atoms with Crippen molar-refractivity contribution < 1.29 is 18.7 Å². The molecule has 1 aromatic rings. The van der Waals surface area contributed by atoms with Crippen LogP contribution in [0.2, 0.25) is 10.0 Å². The molecule has 8 heteroatoms. The van der Waals surface area contributed by atoms with Crippen LogP contribution in [0.1, 0.15) is 19.3 Å². The fourth-order valence-electron chi connectivity index (χ4n) is 3.72. The molecule has 138 valence electrons. The summed E-state index contributed by atoms with van der Waals surface area (Å²) in [5, 5.41) is 2.90. The first-order valence-electron chi connectivity index (χ1n) is 8.34. The number of amides is 2. The Bertz CT molecular complexity index is 647. The summed E-state index contributed by atoms with van der Waals surface area (Å²) in [7, 11) is 1.70. The van der Waals surface area contributed by atoms with E-state index < -0.39 is 5.82 Å². The summed E-state index contributed by atoms with van der Waals surface area (Å²) >= 11 is 11.7. The minimum absolute atomic E-state index is 0.0133. The molecule has 0 radical (unpaired) electrons. The van der Waals surface area contributed by atoms with Gasteiger partial charge < -0.3 is 19.7 Å². The molecule has 25 heavy (non-hydrogen) atoms. The van der Waals surface area contributed by atoms with E-state index in [0.29, 0.717) is 19.8 Å². The van der Waals surface area contributed by atoms with Crippen molar-refractivity contribution in [2.24, 2.45) is 5.92 Å². The van der Waals surface area contributed by atoms with E-state index in [0.717, 1.165) is 25.3 Å². The molecule has 1 saturated heterocycles. The lowest BCUT2D eigenvalue weighted by Gasteiger charge is -2.40. The Morgan fingerprint density at radius 1 is 1.36 bits per heavy atom. The first kappa shape index (κ1) is 18.7. The second-order valence-electron chi connectivity index (χ2n) is 6.38. The molecule has 2 fully saturated rings. The lowest BCUT2D eigenvalue weighted by atomic mass is 9.94. The summed E-state index contributed by atoms with van der Waals surface area (Å²) in [6.45, 7) is 1.37. The van der Waals surface area contributed by atoms with Gasteiger partial charge in [0.15, 0.2) is 0 Å². The van der Waals surface area contributed by atoms with Crippen LogP contribution in [0.25, 0.3) is 0 Å². The Morgan fingerprint density at radius 3 is 2.88 bits per heavy atom. The molecule has 0 bridgehead atoms. The van der Waals surface area contributed by atoms with Crippen LogP contribution >= 0.6 is 23.2 Å². The molecular weight excluding hydrogens is 370 g/mol. The lowest BCUT2D eigenvalue weighted by molar-refractivity contribution is -0.0379. The number of nitrogens with one attached hydrogen (secondary N) is 1. The van der Waals surface area contributed by atoms with Gasteiger partial charge in [-0.2, -0.15) is 0 Å². The third kappa shape index (κ3) is 4.03. The minimum Gasteiger partial charge on any atom is -0.381 e. The fraction of sp³-hybridized carbons (Fsp3) is 0.588. The van der Waals surface area contributed by atoms with E-state index in [-0.39, 0.29) is 39.8 Å². The van der Waals surface area contributed by atoms with E-state index in [1.165, 1.54) is 6.07 Å². The Hall–Kier alpha value is -1.08. The summed E-state index contributed by atoms with van der Waals surface area (Å²) in [5.41, 5.74) is 0.0133. The summed E-state index contributed by atoms with van der Waals surface area (Å²) in [5.74, 6) is -0.405. The van der Waals surface area contributed by atoms with E-state index in [1.807, 2.05) is 0 Å². The van der Waals surface area contributed by atoms with Gasteiger partial charge in [-0.25, -0.2) is 9.18 Å². The van der Waals surface area contributed by atoms with Crippen LogP contribution in [0.5, 0.6) is 0 Å². The molecule has 1 aromatic carbocycles. The van der Waals surface area contributed by atoms with E-state index in [4.69, 9.17) is 32.7 Å². The van der Waals surface area contributed by atoms with Crippen molar-refractivity contribution in [3.05, 3.63) is 28.0 Å². The molecule has 3 atom stereocenters. The maximum absolute atomic E-state index is 14.1. The third-order valence-electron chi connectivity index (χ3n) is 4.98. The number of methoxy groups -OCH3 is 1. The van der Waals surface area contributed by atoms with Gasteiger partial charge >= 0.3 is 6.03 Å². The van der Waals surface area contributed by atoms with Crippen molar-refractivity contribution in [3.63, 3.8) is 0 Å². The van der Waals surface area contributed by atoms with Crippen molar-refractivity contribution in [1.82, 2.24) is 4.90 Å². The van der Waals surface area contributed by atoms with Crippen LogP contribution in [0, 0.1) is 11.7 Å². The number of nitrogens with zero attached hydrogens (tertiary/aromatic N) is 1. The van der Waals surface area contributed by atoms with Crippen molar-refractivity contribution in [1.29, 1.82) is 0 Å². The molecule has 1 N–H and O–H groups in total. The molecular formula is C17H21Cl2FN2O3. The first-order chi connectivity index (χ1) is 12.0. The van der Waals surface area contributed by atoms with Crippen molar-refractivity contribution in [2.75, 3.05) is 32.2 Å². The van der Waals surface area contributed by atoms with Gasteiger partial charge in [0.05, 0.1) is 41.1 Å². The van der Waals surface area contributed by atoms with Gasteiger partial charge in [-0.15, -0.1) is 0 Å². The van der Waals surface area contributed by atoms with Gasteiger partial charge in [0.2, 0.25) is 0 Å². The molecule has 3 unspecified atom stereocenters. The molecule has 1 aliphatic heterocycles. The van der Waals surface area contributed by atoms with Crippen LogP contribution in [0.4, 0.5) is 14.9 Å². The Labute approximate surface area is 156 Å². The van der Waals surface area contributed by atoms with Crippen LogP contribution < -0.4 is 5.32 Å². The molecule has 2 aliphatic rings. The molecule has 1 saturated carbocycles. The normalized spacial score (nSPS) is 26.7.